The lowest BCUT2D eigenvalue weighted by Crippen LogP contribution is -2.45. The Morgan fingerprint density at radius 1 is 1.03 bits per heavy atom. The van der Waals surface area contributed by atoms with Crippen LogP contribution in [0.1, 0.15) is 37.8 Å². The van der Waals surface area contributed by atoms with Crippen molar-refractivity contribution >= 4 is 23.9 Å². The number of ether oxygens (including phenoxy) is 1. The maximum atomic E-state index is 12.8. The van der Waals surface area contributed by atoms with Crippen LogP contribution in [-0.2, 0) is 25.5 Å². The minimum absolute atomic E-state index is 0.00455. The van der Waals surface area contributed by atoms with Gasteiger partial charge < -0.3 is 15.0 Å². The molecule has 32 heavy (non-hydrogen) atoms. The van der Waals surface area contributed by atoms with E-state index in [0.29, 0.717) is 19.0 Å². The summed E-state index contributed by atoms with van der Waals surface area (Å²) in [5, 5.41) is 2.50. The summed E-state index contributed by atoms with van der Waals surface area (Å²) in [6, 6.07) is 19.5. The van der Waals surface area contributed by atoms with Crippen molar-refractivity contribution in [2.75, 3.05) is 13.1 Å². The molecule has 0 saturated carbocycles. The predicted octanol–water partition coefficient (Wildman–Crippen LogP) is 3.58. The first kappa shape index (κ1) is 23.3. The van der Waals surface area contributed by atoms with Gasteiger partial charge in [0.25, 0.3) is 5.91 Å². The Bertz CT molecular complexity index is 948. The van der Waals surface area contributed by atoms with E-state index >= 15 is 0 Å². The molecule has 0 spiro atoms. The largest absolute Gasteiger partial charge is 0.448 e. The van der Waals surface area contributed by atoms with Crippen LogP contribution in [0, 0.1) is 5.92 Å². The van der Waals surface area contributed by atoms with E-state index in [1.165, 1.54) is 18.6 Å². The van der Waals surface area contributed by atoms with E-state index in [-0.39, 0.29) is 17.5 Å². The first-order valence-electron chi connectivity index (χ1n) is 11.0. The minimum Gasteiger partial charge on any atom is -0.448 e. The Balaban J connectivity index is 1.55. The number of rotatable bonds is 7. The van der Waals surface area contributed by atoms with Crippen LogP contribution in [0.3, 0.4) is 0 Å². The van der Waals surface area contributed by atoms with Crippen molar-refractivity contribution in [1.29, 1.82) is 0 Å². The van der Waals surface area contributed by atoms with Crippen molar-refractivity contribution < 1.29 is 19.1 Å². The Morgan fingerprint density at radius 3 is 2.22 bits per heavy atom. The number of hydrogen-bond donors (Lipinski definition) is 1. The summed E-state index contributed by atoms with van der Waals surface area (Å²) in [7, 11) is 0. The molecule has 6 nitrogen and oxygen atoms in total. The summed E-state index contributed by atoms with van der Waals surface area (Å²) in [4.78, 5) is 38.8. The lowest BCUT2D eigenvalue weighted by atomic mass is 9.90. The Hall–Kier alpha value is -3.41. The first-order chi connectivity index (χ1) is 15.4. The molecule has 1 aliphatic heterocycles. The molecule has 1 atom stereocenters. The van der Waals surface area contributed by atoms with E-state index in [1.54, 1.807) is 11.8 Å². The molecule has 0 bridgehead atoms. The number of nitrogens with one attached hydrogen (secondary N) is 1. The predicted molar refractivity (Wildman–Crippen MR) is 123 cm³/mol. The van der Waals surface area contributed by atoms with Gasteiger partial charge in [-0.2, -0.15) is 0 Å². The maximum Gasteiger partial charge on any atom is 0.355 e. The van der Waals surface area contributed by atoms with Crippen LogP contribution in [-0.4, -0.2) is 41.9 Å². The average Bonchev–Trinajstić information content (AvgIpc) is 2.79. The zero-order valence-electron chi connectivity index (χ0n) is 18.6. The average molecular weight is 435 g/mol. The summed E-state index contributed by atoms with van der Waals surface area (Å²) in [6.45, 7) is 4.19. The molecule has 1 unspecified atom stereocenters. The molecule has 2 aromatic rings. The molecule has 3 rings (SSSR count). The van der Waals surface area contributed by atoms with Crippen molar-refractivity contribution in [2.24, 2.45) is 5.92 Å². The molecule has 168 valence electrons. The van der Waals surface area contributed by atoms with Crippen molar-refractivity contribution in [1.82, 2.24) is 10.2 Å². The molecule has 0 aliphatic carbocycles. The van der Waals surface area contributed by atoms with Gasteiger partial charge in [0.2, 0.25) is 5.91 Å². The lowest BCUT2D eigenvalue weighted by molar-refractivity contribution is -0.157. The Morgan fingerprint density at radius 2 is 1.62 bits per heavy atom. The van der Waals surface area contributed by atoms with Crippen LogP contribution < -0.4 is 5.32 Å². The van der Waals surface area contributed by atoms with E-state index in [4.69, 9.17) is 4.74 Å². The van der Waals surface area contributed by atoms with E-state index < -0.39 is 12.1 Å². The molecule has 2 amide bonds. The van der Waals surface area contributed by atoms with Gasteiger partial charge in [-0.25, -0.2) is 4.79 Å². The number of benzene rings is 2. The summed E-state index contributed by atoms with van der Waals surface area (Å²) < 4.78 is 5.41. The van der Waals surface area contributed by atoms with Gasteiger partial charge in [0.15, 0.2) is 6.10 Å². The molecule has 1 N–H and O–H groups in total. The standard InChI is InChI=1S/C26H30N2O4/c1-19(32-26(31)24(27-20(2)29)18-22-11-7-4-8-12-22)25(30)28-15-13-23(14-16-28)17-21-9-5-3-6-10-21/h3-12,18-19,23H,13-17H2,1-2H3,(H,27,29). The monoisotopic (exact) mass is 434 g/mol. The number of likely N-dealkylation sites (tertiary alicyclic amines) is 1. The topological polar surface area (TPSA) is 75.7 Å². The van der Waals surface area contributed by atoms with Crippen LogP contribution in [0.25, 0.3) is 6.08 Å². The number of nitrogens with zero attached hydrogens (tertiary/aromatic N) is 1. The van der Waals surface area contributed by atoms with Crippen LogP contribution in [0.4, 0.5) is 0 Å². The number of esters is 1. The number of piperidine rings is 1. The highest BCUT2D eigenvalue weighted by molar-refractivity contribution is 5.98. The lowest BCUT2D eigenvalue weighted by Gasteiger charge is -2.33. The summed E-state index contributed by atoms with van der Waals surface area (Å²) >= 11 is 0. The molecule has 1 heterocycles. The maximum absolute atomic E-state index is 12.8. The van der Waals surface area contributed by atoms with E-state index in [1.807, 2.05) is 48.5 Å². The number of amides is 2. The molecule has 1 saturated heterocycles. The smallest absolute Gasteiger partial charge is 0.355 e. The highest BCUT2D eigenvalue weighted by Gasteiger charge is 2.29. The number of carbonyl (C=O) groups excluding carboxylic acids is 3. The van der Waals surface area contributed by atoms with Crippen LogP contribution in [0.2, 0.25) is 0 Å². The molecule has 0 aromatic heterocycles. The fourth-order valence-electron chi connectivity index (χ4n) is 3.89. The quantitative estimate of drug-likeness (QED) is 0.534. The van der Waals surface area contributed by atoms with Gasteiger partial charge in [0.1, 0.15) is 5.70 Å². The van der Waals surface area contributed by atoms with Gasteiger partial charge in [-0.05, 0) is 49.3 Å². The third-order valence-corrected chi connectivity index (χ3v) is 5.57. The third-order valence-electron chi connectivity index (χ3n) is 5.57. The second-order valence-corrected chi connectivity index (χ2v) is 8.16. The van der Waals surface area contributed by atoms with Gasteiger partial charge >= 0.3 is 5.97 Å². The van der Waals surface area contributed by atoms with Gasteiger partial charge in [-0.3, -0.25) is 9.59 Å². The first-order valence-corrected chi connectivity index (χ1v) is 11.0. The highest BCUT2D eigenvalue weighted by atomic mass is 16.5. The third kappa shape index (κ3) is 6.80. The summed E-state index contributed by atoms with van der Waals surface area (Å²) in [5.41, 5.74) is 2.06. The van der Waals surface area contributed by atoms with Crippen LogP contribution >= 0.6 is 0 Å². The van der Waals surface area contributed by atoms with Crippen LogP contribution in [0.5, 0.6) is 0 Å². The van der Waals surface area contributed by atoms with E-state index in [2.05, 4.69) is 17.4 Å². The van der Waals surface area contributed by atoms with E-state index in [9.17, 15) is 14.4 Å². The summed E-state index contributed by atoms with van der Waals surface area (Å²) in [5.74, 6) is -0.787. The Labute approximate surface area is 189 Å². The van der Waals surface area contributed by atoms with Gasteiger partial charge in [-0.1, -0.05) is 60.7 Å². The van der Waals surface area contributed by atoms with Gasteiger partial charge in [-0.15, -0.1) is 0 Å². The second-order valence-electron chi connectivity index (χ2n) is 8.16. The van der Waals surface area contributed by atoms with Crippen molar-refractivity contribution in [3.05, 3.63) is 77.5 Å². The molecule has 1 aliphatic rings. The highest BCUT2D eigenvalue weighted by Crippen LogP contribution is 2.22. The summed E-state index contributed by atoms with van der Waals surface area (Å²) in [6.07, 6.45) is 3.47. The van der Waals surface area contributed by atoms with Crippen molar-refractivity contribution in [3.63, 3.8) is 0 Å². The van der Waals surface area contributed by atoms with Gasteiger partial charge in [0.05, 0.1) is 0 Å². The number of carbonyl (C=O) groups is 3. The fourth-order valence-corrected chi connectivity index (χ4v) is 3.89. The zero-order chi connectivity index (χ0) is 22.9. The normalized spacial score (nSPS) is 15.7. The van der Waals surface area contributed by atoms with E-state index in [0.717, 1.165) is 24.8 Å². The molecular formula is C26H30N2O4. The SMILES string of the molecule is CC(=O)NC(=Cc1ccccc1)C(=O)OC(C)C(=O)N1CCC(Cc2ccccc2)CC1. The molecular weight excluding hydrogens is 404 g/mol. The zero-order valence-corrected chi connectivity index (χ0v) is 18.6. The second kappa shape index (κ2) is 11.3. The van der Waals surface area contributed by atoms with Crippen molar-refractivity contribution in [3.8, 4) is 0 Å². The molecule has 1 fully saturated rings. The number of hydrogen-bond acceptors (Lipinski definition) is 4. The fraction of sp³-hybridized carbons (Fsp3) is 0.346. The molecule has 2 aromatic carbocycles. The Kier molecular flexibility index (Phi) is 8.20. The minimum atomic E-state index is -0.930. The molecule has 6 heteroatoms. The molecule has 0 radical (unpaired) electrons. The van der Waals surface area contributed by atoms with Gasteiger partial charge in [0, 0.05) is 20.0 Å². The van der Waals surface area contributed by atoms with Crippen molar-refractivity contribution in [2.45, 2.75) is 39.2 Å². The van der Waals surface area contributed by atoms with Crippen LogP contribution in [0.15, 0.2) is 66.4 Å².